The molecule has 0 saturated carbocycles. The van der Waals surface area contributed by atoms with Crippen molar-refractivity contribution in [2.24, 2.45) is 0 Å². The van der Waals surface area contributed by atoms with Crippen LogP contribution in [0, 0.1) is 10.1 Å². The van der Waals surface area contributed by atoms with E-state index in [2.05, 4.69) is 6.58 Å². The number of hydrogen-bond acceptors (Lipinski definition) is 3. The molecule has 0 aliphatic heterocycles. The van der Waals surface area contributed by atoms with Crippen LogP contribution in [-0.4, -0.2) is 10.0 Å². The number of nitrogens with zero attached hydrogens (tertiary/aromatic N) is 1. The predicted octanol–water partition coefficient (Wildman–Crippen LogP) is 2.89. The van der Waals surface area contributed by atoms with Crippen molar-refractivity contribution in [3.05, 3.63) is 58.0 Å². The van der Waals surface area contributed by atoms with Crippen molar-refractivity contribution in [1.82, 2.24) is 0 Å². The molecule has 80 valence electrons. The summed E-state index contributed by atoms with van der Waals surface area (Å²) in [6, 6.07) is 0. The Kier molecular flexibility index (Phi) is 3.85. The topological polar surface area (TPSA) is 63.4 Å². The fourth-order valence-corrected chi connectivity index (χ4v) is 1.34. The van der Waals surface area contributed by atoms with Crippen LogP contribution in [0.3, 0.4) is 0 Å². The minimum Gasteiger partial charge on any atom is -0.513 e. The Hall–Kier alpha value is -1.84. The van der Waals surface area contributed by atoms with Crippen molar-refractivity contribution in [3.63, 3.8) is 0 Å². The zero-order valence-corrected chi connectivity index (χ0v) is 8.35. The van der Waals surface area contributed by atoms with Gasteiger partial charge in [-0.05, 0) is 18.9 Å². The largest absolute Gasteiger partial charge is 0.513 e. The van der Waals surface area contributed by atoms with Gasteiger partial charge in [-0.1, -0.05) is 24.8 Å². The van der Waals surface area contributed by atoms with Gasteiger partial charge < -0.3 is 5.11 Å². The number of hydrogen-bond donors (Lipinski definition) is 1. The lowest BCUT2D eigenvalue weighted by atomic mass is 10.1. The smallest absolute Gasteiger partial charge is 0.268 e. The van der Waals surface area contributed by atoms with Gasteiger partial charge in [-0.15, -0.1) is 0 Å². The fraction of sp³-hybridized carbons (Fsp3) is 0.273. The first-order valence-corrected chi connectivity index (χ1v) is 4.68. The summed E-state index contributed by atoms with van der Waals surface area (Å²) >= 11 is 0. The summed E-state index contributed by atoms with van der Waals surface area (Å²) in [5.74, 6) is 0.0480. The molecule has 0 heterocycles. The molecular weight excluding hydrogens is 194 g/mol. The molecule has 1 N–H and O–H groups in total. The highest BCUT2D eigenvalue weighted by molar-refractivity contribution is 5.32. The Morgan fingerprint density at radius 2 is 2.40 bits per heavy atom. The highest BCUT2D eigenvalue weighted by Crippen LogP contribution is 2.21. The molecule has 0 aromatic carbocycles. The van der Waals surface area contributed by atoms with E-state index in [4.69, 9.17) is 5.11 Å². The van der Waals surface area contributed by atoms with E-state index < -0.39 is 0 Å². The molecule has 0 radical (unpaired) electrons. The first kappa shape index (κ1) is 11.2. The lowest BCUT2D eigenvalue weighted by Crippen LogP contribution is -2.02. The SMILES string of the molecule is C=C(O)CCC1=CC=CCC=C1[N+](=O)[O-]. The third-order valence-corrected chi connectivity index (χ3v) is 2.09. The molecule has 0 aromatic heterocycles. The van der Waals surface area contributed by atoms with Gasteiger partial charge in [-0.25, -0.2) is 0 Å². The Labute approximate surface area is 88.1 Å². The van der Waals surface area contributed by atoms with Crippen LogP contribution in [0.4, 0.5) is 0 Å². The lowest BCUT2D eigenvalue weighted by molar-refractivity contribution is -0.421. The second-order valence-corrected chi connectivity index (χ2v) is 3.27. The minimum absolute atomic E-state index is 0.0480. The first-order valence-electron chi connectivity index (χ1n) is 4.68. The molecule has 1 rings (SSSR count). The van der Waals surface area contributed by atoms with Crippen LogP contribution in [0.25, 0.3) is 0 Å². The van der Waals surface area contributed by atoms with Gasteiger partial charge in [0.05, 0.1) is 10.7 Å². The summed E-state index contributed by atoms with van der Waals surface area (Å²) in [6.45, 7) is 3.35. The molecule has 15 heavy (non-hydrogen) atoms. The van der Waals surface area contributed by atoms with E-state index in [1.165, 1.54) is 0 Å². The van der Waals surface area contributed by atoms with Crippen LogP contribution in [0.1, 0.15) is 19.3 Å². The zero-order valence-electron chi connectivity index (χ0n) is 8.35. The van der Waals surface area contributed by atoms with Crippen molar-refractivity contribution >= 4 is 0 Å². The van der Waals surface area contributed by atoms with Crippen LogP contribution in [0.2, 0.25) is 0 Å². The summed E-state index contributed by atoms with van der Waals surface area (Å²) in [5.41, 5.74) is 0.755. The third kappa shape index (κ3) is 3.42. The van der Waals surface area contributed by atoms with E-state index in [0.717, 1.165) is 0 Å². The van der Waals surface area contributed by atoms with Gasteiger partial charge in [0.2, 0.25) is 0 Å². The molecule has 0 spiro atoms. The van der Waals surface area contributed by atoms with Gasteiger partial charge in [-0.2, -0.15) is 0 Å². The first-order chi connectivity index (χ1) is 7.11. The lowest BCUT2D eigenvalue weighted by Gasteiger charge is -2.02. The Morgan fingerprint density at radius 1 is 1.67 bits per heavy atom. The highest BCUT2D eigenvalue weighted by atomic mass is 16.6. The van der Waals surface area contributed by atoms with E-state index in [9.17, 15) is 10.1 Å². The van der Waals surface area contributed by atoms with Gasteiger partial charge in [0.25, 0.3) is 5.70 Å². The normalized spacial score (nSPS) is 15.2. The summed E-state index contributed by atoms with van der Waals surface area (Å²) in [5, 5.41) is 19.7. The maximum Gasteiger partial charge on any atom is 0.268 e. The molecular formula is C11H13NO3. The molecule has 0 atom stereocenters. The quantitative estimate of drug-likeness (QED) is 0.438. The molecule has 0 amide bonds. The third-order valence-electron chi connectivity index (χ3n) is 2.09. The van der Waals surface area contributed by atoms with Gasteiger partial charge in [0.1, 0.15) is 0 Å². The van der Waals surface area contributed by atoms with Crippen molar-refractivity contribution in [3.8, 4) is 0 Å². The van der Waals surface area contributed by atoms with E-state index in [1.807, 2.05) is 6.08 Å². The number of rotatable bonds is 4. The van der Waals surface area contributed by atoms with Gasteiger partial charge in [0, 0.05) is 12.0 Å². The molecule has 0 aromatic rings. The van der Waals surface area contributed by atoms with Crippen LogP contribution < -0.4 is 0 Å². The Balaban J connectivity index is 2.80. The zero-order chi connectivity index (χ0) is 11.3. The van der Waals surface area contributed by atoms with Crippen LogP contribution in [0.15, 0.2) is 47.9 Å². The number of allylic oxidation sites excluding steroid dienone is 6. The molecule has 0 fully saturated rings. The Bertz CT molecular complexity index is 364. The van der Waals surface area contributed by atoms with Crippen molar-refractivity contribution in [1.29, 1.82) is 0 Å². The molecule has 0 saturated heterocycles. The molecule has 1 aliphatic carbocycles. The number of nitro groups is 1. The average molecular weight is 207 g/mol. The molecule has 4 heteroatoms. The van der Waals surface area contributed by atoms with Crippen molar-refractivity contribution in [2.45, 2.75) is 19.3 Å². The predicted molar refractivity (Wildman–Crippen MR) is 57.9 cm³/mol. The Morgan fingerprint density at radius 3 is 3.00 bits per heavy atom. The standard InChI is InChI=1S/C11H13NO3/c1-9(13)7-8-10-5-3-2-4-6-11(10)12(14)15/h2-3,5-6,13H,1,4,7-8H2. The van der Waals surface area contributed by atoms with E-state index in [1.54, 1.807) is 18.2 Å². The van der Waals surface area contributed by atoms with E-state index in [0.29, 0.717) is 24.8 Å². The summed E-state index contributed by atoms with van der Waals surface area (Å²) in [7, 11) is 0. The van der Waals surface area contributed by atoms with Gasteiger partial charge in [0.15, 0.2) is 0 Å². The monoisotopic (exact) mass is 207 g/mol. The van der Waals surface area contributed by atoms with Crippen molar-refractivity contribution in [2.75, 3.05) is 0 Å². The van der Waals surface area contributed by atoms with Gasteiger partial charge in [-0.3, -0.25) is 10.1 Å². The highest BCUT2D eigenvalue weighted by Gasteiger charge is 2.17. The maximum atomic E-state index is 10.7. The van der Waals surface area contributed by atoms with Crippen LogP contribution in [-0.2, 0) is 0 Å². The number of aliphatic hydroxyl groups is 1. The van der Waals surface area contributed by atoms with Crippen molar-refractivity contribution < 1.29 is 10.0 Å². The second-order valence-electron chi connectivity index (χ2n) is 3.27. The summed E-state index contributed by atoms with van der Waals surface area (Å²) in [6.07, 6.45) is 8.29. The van der Waals surface area contributed by atoms with Crippen LogP contribution in [0.5, 0.6) is 0 Å². The summed E-state index contributed by atoms with van der Waals surface area (Å²) < 4.78 is 0. The van der Waals surface area contributed by atoms with E-state index >= 15 is 0 Å². The van der Waals surface area contributed by atoms with E-state index in [-0.39, 0.29) is 16.4 Å². The second kappa shape index (κ2) is 5.14. The minimum atomic E-state index is -0.390. The molecule has 0 bridgehead atoms. The average Bonchev–Trinajstić information content (AvgIpc) is 2.39. The van der Waals surface area contributed by atoms with Crippen LogP contribution >= 0.6 is 0 Å². The molecule has 4 nitrogen and oxygen atoms in total. The molecule has 1 aliphatic rings. The maximum absolute atomic E-state index is 10.7. The molecule has 0 unspecified atom stereocenters. The number of aliphatic hydroxyl groups excluding tert-OH is 1. The fourth-order valence-electron chi connectivity index (χ4n) is 1.34. The van der Waals surface area contributed by atoms with Gasteiger partial charge >= 0.3 is 0 Å². The summed E-state index contributed by atoms with van der Waals surface area (Å²) in [4.78, 5) is 10.4.